The van der Waals surface area contributed by atoms with Crippen molar-refractivity contribution in [1.29, 1.82) is 0 Å². The van der Waals surface area contributed by atoms with Gasteiger partial charge in [0, 0.05) is 26.3 Å². The van der Waals surface area contributed by atoms with E-state index in [2.05, 4.69) is 5.32 Å². The lowest BCUT2D eigenvalue weighted by molar-refractivity contribution is -0.143. The van der Waals surface area contributed by atoms with Gasteiger partial charge in [-0.25, -0.2) is 4.79 Å². The van der Waals surface area contributed by atoms with Gasteiger partial charge in [0.25, 0.3) is 0 Å². The SMILES string of the molecule is CC(=O)N1CC(O)CC1C(=O)NC(Cc1ccccc1)C(=O)O. The Balaban J connectivity index is 2.06. The predicted molar refractivity (Wildman–Crippen MR) is 81.5 cm³/mol. The molecule has 7 heteroatoms. The van der Waals surface area contributed by atoms with E-state index in [0.29, 0.717) is 0 Å². The second kappa shape index (κ2) is 7.23. The van der Waals surface area contributed by atoms with Gasteiger partial charge in [-0.2, -0.15) is 0 Å². The van der Waals surface area contributed by atoms with Crippen LogP contribution in [0.15, 0.2) is 30.3 Å². The molecule has 2 rings (SSSR count). The molecule has 124 valence electrons. The van der Waals surface area contributed by atoms with E-state index < -0.39 is 30.1 Å². The largest absolute Gasteiger partial charge is 0.480 e. The maximum Gasteiger partial charge on any atom is 0.326 e. The van der Waals surface area contributed by atoms with Gasteiger partial charge >= 0.3 is 5.97 Å². The van der Waals surface area contributed by atoms with Crippen molar-refractivity contribution in [2.24, 2.45) is 0 Å². The number of aliphatic hydroxyl groups is 1. The number of carbonyl (C=O) groups excluding carboxylic acids is 2. The second-order valence-electron chi connectivity index (χ2n) is 5.67. The summed E-state index contributed by atoms with van der Waals surface area (Å²) in [5.74, 6) is -2.02. The molecule has 3 N–H and O–H groups in total. The maximum absolute atomic E-state index is 12.3. The zero-order chi connectivity index (χ0) is 17.0. The highest BCUT2D eigenvalue weighted by molar-refractivity contribution is 5.90. The van der Waals surface area contributed by atoms with Crippen molar-refractivity contribution >= 4 is 17.8 Å². The third kappa shape index (κ3) is 4.29. The molecule has 1 aromatic rings. The van der Waals surface area contributed by atoms with Crippen LogP contribution >= 0.6 is 0 Å². The van der Waals surface area contributed by atoms with Gasteiger partial charge in [-0.1, -0.05) is 30.3 Å². The number of likely N-dealkylation sites (tertiary alicyclic amines) is 1. The van der Waals surface area contributed by atoms with Crippen LogP contribution in [0.1, 0.15) is 18.9 Å². The Morgan fingerprint density at radius 2 is 1.96 bits per heavy atom. The number of hydrogen-bond donors (Lipinski definition) is 3. The topological polar surface area (TPSA) is 107 Å². The molecule has 23 heavy (non-hydrogen) atoms. The third-order valence-electron chi connectivity index (χ3n) is 3.88. The summed E-state index contributed by atoms with van der Waals surface area (Å²) < 4.78 is 0. The van der Waals surface area contributed by atoms with Crippen molar-refractivity contribution in [1.82, 2.24) is 10.2 Å². The Kier molecular flexibility index (Phi) is 5.33. The molecule has 0 aromatic heterocycles. The summed E-state index contributed by atoms with van der Waals surface area (Å²) in [4.78, 5) is 36.5. The number of benzene rings is 1. The molecule has 3 unspecified atom stereocenters. The number of carboxylic acids is 1. The monoisotopic (exact) mass is 320 g/mol. The smallest absolute Gasteiger partial charge is 0.326 e. The van der Waals surface area contributed by atoms with Crippen LogP contribution in [0.4, 0.5) is 0 Å². The molecule has 1 fully saturated rings. The summed E-state index contributed by atoms with van der Waals surface area (Å²) >= 11 is 0. The van der Waals surface area contributed by atoms with Gasteiger partial charge in [-0.3, -0.25) is 9.59 Å². The lowest BCUT2D eigenvalue weighted by Gasteiger charge is -2.24. The fraction of sp³-hybridized carbons (Fsp3) is 0.438. The van der Waals surface area contributed by atoms with Gasteiger partial charge in [0.05, 0.1) is 6.10 Å². The molecule has 0 spiro atoms. The standard InChI is InChI=1S/C16H20N2O5/c1-10(19)18-9-12(20)8-14(18)15(21)17-13(16(22)23)7-11-5-3-2-4-6-11/h2-6,12-14,20H,7-9H2,1H3,(H,17,21)(H,22,23). The number of carboxylic acid groups (broad SMARTS) is 1. The number of amides is 2. The molecule has 0 aliphatic carbocycles. The van der Waals surface area contributed by atoms with E-state index in [9.17, 15) is 24.6 Å². The zero-order valence-corrected chi connectivity index (χ0v) is 12.8. The number of carbonyl (C=O) groups is 3. The average molecular weight is 320 g/mol. The molecule has 0 bridgehead atoms. The summed E-state index contributed by atoms with van der Waals surface area (Å²) in [6, 6.07) is 7.05. The van der Waals surface area contributed by atoms with E-state index in [1.807, 2.05) is 6.07 Å². The van der Waals surface area contributed by atoms with Crippen molar-refractivity contribution in [3.8, 4) is 0 Å². The highest BCUT2D eigenvalue weighted by Gasteiger charge is 2.38. The molecule has 3 atom stereocenters. The van der Waals surface area contributed by atoms with E-state index in [-0.39, 0.29) is 25.3 Å². The quantitative estimate of drug-likeness (QED) is 0.695. The van der Waals surface area contributed by atoms with Gasteiger partial charge in [0.2, 0.25) is 11.8 Å². The van der Waals surface area contributed by atoms with E-state index >= 15 is 0 Å². The fourth-order valence-corrected chi connectivity index (χ4v) is 2.73. The third-order valence-corrected chi connectivity index (χ3v) is 3.88. The minimum Gasteiger partial charge on any atom is -0.480 e. The van der Waals surface area contributed by atoms with Crippen molar-refractivity contribution in [2.75, 3.05) is 6.54 Å². The van der Waals surface area contributed by atoms with E-state index in [1.54, 1.807) is 24.3 Å². The van der Waals surface area contributed by atoms with Crippen LogP contribution in [0, 0.1) is 0 Å². The number of rotatable bonds is 5. The molecule has 1 aliphatic heterocycles. The lowest BCUT2D eigenvalue weighted by atomic mass is 10.1. The summed E-state index contributed by atoms with van der Waals surface area (Å²) in [6.07, 6.45) is -0.507. The first kappa shape index (κ1) is 17.0. The molecular weight excluding hydrogens is 300 g/mol. The Morgan fingerprint density at radius 3 is 2.52 bits per heavy atom. The highest BCUT2D eigenvalue weighted by atomic mass is 16.4. The number of β-amino-alcohol motifs (C(OH)–C–C–N with tert-alkyl or cyclic N) is 1. The molecular formula is C16H20N2O5. The fourth-order valence-electron chi connectivity index (χ4n) is 2.73. The van der Waals surface area contributed by atoms with E-state index in [1.165, 1.54) is 11.8 Å². The molecule has 1 saturated heterocycles. The number of nitrogens with one attached hydrogen (secondary N) is 1. The Bertz CT molecular complexity index is 589. The molecule has 1 aliphatic rings. The lowest BCUT2D eigenvalue weighted by Crippen LogP contribution is -2.51. The highest BCUT2D eigenvalue weighted by Crippen LogP contribution is 2.18. The molecule has 0 radical (unpaired) electrons. The molecule has 1 aromatic carbocycles. The summed E-state index contributed by atoms with van der Waals surface area (Å²) in [7, 11) is 0. The van der Waals surface area contributed by atoms with Gasteiger partial charge in [-0.15, -0.1) is 0 Å². The normalized spacial score (nSPS) is 21.7. The first-order valence-electron chi connectivity index (χ1n) is 7.41. The van der Waals surface area contributed by atoms with Gasteiger partial charge in [0.1, 0.15) is 12.1 Å². The van der Waals surface area contributed by atoms with Crippen molar-refractivity contribution in [3.05, 3.63) is 35.9 Å². The van der Waals surface area contributed by atoms with Gasteiger partial charge in [-0.05, 0) is 5.56 Å². The number of hydrogen-bond acceptors (Lipinski definition) is 4. The molecule has 0 saturated carbocycles. The minimum atomic E-state index is -1.14. The minimum absolute atomic E-state index is 0.0871. The van der Waals surface area contributed by atoms with E-state index in [4.69, 9.17) is 0 Å². The van der Waals surface area contributed by atoms with E-state index in [0.717, 1.165) is 5.56 Å². The van der Waals surface area contributed by atoms with Gasteiger partial charge < -0.3 is 20.4 Å². The molecule has 7 nitrogen and oxygen atoms in total. The Hall–Kier alpha value is -2.41. The van der Waals surface area contributed by atoms with Crippen LogP contribution in [0.25, 0.3) is 0 Å². The van der Waals surface area contributed by atoms with Crippen molar-refractivity contribution in [2.45, 2.75) is 38.0 Å². The summed E-state index contributed by atoms with van der Waals surface area (Å²) in [5, 5.41) is 21.4. The first-order valence-corrected chi connectivity index (χ1v) is 7.41. The Morgan fingerprint density at radius 1 is 1.30 bits per heavy atom. The Labute approximate surface area is 133 Å². The van der Waals surface area contributed by atoms with Crippen molar-refractivity contribution in [3.63, 3.8) is 0 Å². The second-order valence-corrected chi connectivity index (χ2v) is 5.67. The van der Waals surface area contributed by atoms with Crippen LogP contribution < -0.4 is 5.32 Å². The summed E-state index contributed by atoms with van der Waals surface area (Å²) in [6.45, 7) is 1.40. The van der Waals surface area contributed by atoms with Gasteiger partial charge in [0.15, 0.2) is 0 Å². The molecule has 1 heterocycles. The number of aliphatic hydroxyl groups excluding tert-OH is 1. The average Bonchev–Trinajstić information content (AvgIpc) is 2.90. The van der Waals surface area contributed by atoms with Crippen LogP contribution in [0.5, 0.6) is 0 Å². The van der Waals surface area contributed by atoms with Crippen LogP contribution in [0.3, 0.4) is 0 Å². The number of nitrogens with zero attached hydrogens (tertiary/aromatic N) is 1. The molecule has 2 amide bonds. The predicted octanol–water partition coefficient (Wildman–Crippen LogP) is -0.220. The van der Waals surface area contributed by atoms with Crippen LogP contribution in [-0.4, -0.2) is 57.6 Å². The zero-order valence-electron chi connectivity index (χ0n) is 12.8. The van der Waals surface area contributed by atoms with Crippen molar-refractivity contribution < 1.29 is 24.6 Å². The first-order chi connectivity index (χ1) is 10.9. The number of aliphatic carboxylic acids is 1. The van der Waals surface area contributed by atoms with Crippen LogP contribution in [0.2, 0.25) is 0 Å². The maximum atomic E-state index is 12.3. The van der Waals surface area contributed by atoms with Crippen LogP contribution in [-0.2, 0) is 20.8 Å². The summed E-state index contributed by atoms with van der Waals surface area (Å²) in [5.41, 5.74) is 0.787.